The minimum Gasteiger partial charge on any atom is -0.493 e. The first-order valence-electron chi connectivity index (χ1n) is 11.4. The summed E-state index contributed by atoms with van der Waals surface area (Å²) >= 11 is 0. The SMILES string of the molecule is COc1cc(C(=O)NNC(=O)CCC(=O)c2ccc3c(c2)CCC3)ccc1OCCC(C)C. The second kappa shape index (κ2) is 11.5. The quantitative estimate of drug-likeness (QED) is 0.419. The number of carbonyl (C=O) groups excluding carboxylic acids is 3. The highest BCUT2D eigenvalue weighted by Gasteiger charge is 2.16. The molecule has 0 spiro atoms. The predicted octanol–water partition coefficient (Wildman–Crippen LogP) is 4.03. The van der Waals surface area contributed by atoms with Crippen molar-refractivity contribution in [3.8, 4) is 11.5 Å². The van der Waals surface area contributed by atoms with E-state index in [1.54, 1.807) is 18.2 Å². The zero-order chi connectivity index (χ0) is 23.8. The van der Waals surface area contributed by atoms with Crippen molar-refractivity contribution in [1.82, 2.24) is 10.9 Å². The van der Waals surface area contributed by atoms with Crippen molar-refractivity contribution in [2.75, 3.05) is 13.7 Å². The van der Waals surface area contributed by atoms with Gasteiger partial charge in [-0.3, -0.25) is 25.2 Å². The molecular formula is C26H32N2O5. The number of rotatable bonds is 10. The third kappa shape index (κ3) is 6.81. The van der Waals surface area contributed by atoms with Crippen LogP contribution in [0.1, 0.15) is 71.4 Å². The Hall–Kier alpha value is -3.35. The summed E-state index contributed by atoms with van der Waals surface area (Å²) in [5.74, 6) is 0.526. The lowest BCUT2D eigenvalue weighted by Gasteiger charge is -2.13. The Morgan fingerprint density at radius 1 is 0.909 bits per heavy atom. The van der Waals surface area contributed by atoms with Crippen molar-refractivity contribution in [2.45, 2.75) is 52.4 Å². The number of hydrogen-bond acceptors (Lipinski definition) is 5. The van der Waals surface area contributed by atoms with E-state index in [1.165, 1.54) is 18.2 Å². The maximum absolute atomic E-state index is 12.4. The average Bonchev–Trinajstić information content (AvgIpc) is 3.28. The van der Waals surface area contributed by atoms with Crippen LogP contribution in [0.3, 0.4) is 0 Å². The van der Waals surface area contributed by atoms with Crippen LogP contribution < -0.4 is 20.3 Å². The molecule has 0 saturated heterocycles. The van der Waals surface area contributed by atoms with Gasteiger partial charge in [0, 0.05) is 24.0 Å². The second-order valence-electron chi connectivity index (χ2n) is 8.66. The fraction of sp³-hybridized carbons (Fsp3) is 0.423. The van der Waals surface area contributed by atoms with E-state index in [1.807, 2.05) is 18.2 Å². The van der Waals surface area contributed by atoms with Gasteiger partial charge in [-0.15, -0.1) is 0 Å². The van der Waals surface area contributed by atoms with Crippen molar-refractivity contribution in [1.29, 1.82) is 0 Å². The number of ketones is 1. The van der Waals surface area contributed by atoms with Crippen molar-refractivity contribution >= 4 is 17.6 Å². The lowest BCUT2D eigenvalue weighted by Crippen LogP contribution is -2.41. The number of hydrogen-bond donors (Lipinski definition) is 2. The van der Waals surface area contributed by atoms with Crippen LogP contribution in [0.15, 0.2) is 36.4 Å². The van der Waals surface area contributed by atoms with Gasteiger partial charge in [-0.1, -0.05) is 26.0 Å². The standard InChI is InChI=1S/C26H32N2O5/c1-17(2)13-14-33-23-11-9-21(16-24(23)32-3)26(31)28-27-25(30)12-10-22(29)20-8-7-18-5-4-6-19(18)15-20/h7-9,11,15-17H,4-6,10,12-14H2,1-3H3,(H,27,30)(H,28,31). The van der Waals surface area contributed by atoms with E-state index in [4.69, 9.17) is 9.47 Å². The van der Waals surface area contributed by atoms with Crippen LogP contribution in [0.2, 0.25) is 0 Å². The molecule has 0 unspecified atom stereocenters. The summed E-state index contributed by atoms with van der Waals surface area (Å²) in [4.78, 5) is 37.0. The molecule has 0 atom stereocenters. The van der Waals surface area contributed by atoms with Crippen molar-refractivity contribution in [3.63, 3.8) is 0 Å². The molecule has 0 aromatic heterocycles. The van der Waals surface area contributed by atoms with E-state index in [0.29, 0.717) is 35.2 Å². The molecule has 7 nitrogen and oxygen atoms in total. The molecule has 1 aliphatic rings. The minimum atomic E-state index is -0.486. The van der Waals surface area contributed by atoms with Crippen LogP contribution >= 0.6 is 0 Å². The molecule has 2 aromatic carbocycles. The molecule has 0 aliphatic heterocycles. The van der Waals surface area contributed by atoms with Gasteiger partial charge < -0.3 is 9.47 Å². The van der Waals surface area contributed by atoms with Gasteiger partial charge in [-0.05, 0) is 67.0 Å². The summed E-state index contributed by atoms with van der Waals surface area (Å²) in [6.07, 6.45) is 4.16. The van der Waals surface area contributed by atoms with Crippen LogP contribution in [0, 0.1) is 5.92 Å². The summed E-state index contributed by atoms with van der Waals surface area (Å²) in [6, 6.07) is 10.6. The third-order valence-electron chi connectivity index (χ3n) is 5.69. The number of hydrazine groups is 1. The summed E-state index contributed by atoms with van der Waals surface area (Å²) in [5, 5.41) is 0. The van der Waals surface area contributed by atoms with Gasteiger partial charge in [0.1, 0.15) is 0 Å². The molecule has 1 aliphatic carbocycles. The van der Waals surface area contributed by atoms with E-state index in [9.17, 15) is 14.4 Å². The van der Waals surface area contributed by atoms with Crippen LogP contribution in [0.5, 0.6) is 11.5 Å². The molecule has 0 radical (unpaired) electrons. The first-order chi connectivity index (χ1) is 15.9. The highest BCUT2D eigenvalue weighted by Crippen LogP contribution is 2.28. The molecule has 7 heteroatoms. The van der Waals surface area contributed by atoms with E-state index >= 15 is 0 Å². The Morgan fingerprint density at radius 3 is 2.42 bits per heavy atom. The number of fused-ring (bicyclic) bond motifs is 1. The minimum absolute atomic E-state index is 0.0118. The number of nitrogens with one attached hydrogen (secondary N) is 2. The van der Waals surface area contributed by atoms with E-state index in [-0.39, 0.29) is 18.6 Å². The maximum atomic E-state index is 12.4. The number of carbonyl (C=O) groups is 3. The molecule has 0 saturated carbocycles. The lowest BCUT2D eigenvalue weighted by molar-refractivity contribution is -0.121. The topological polar surface area (TPSA) is 93.7 Å². The molecule has 2 amide bonds. The Labute approximate surface area is 194 Å². The summed E-state index contributed by atoms with van der Waals surface area (Å²) in [6.45, 7) is 4.79. The fourth-order valence-corrected chi connectivity index (χ4v) is 3.71. The second-order valence-corrected chi connectivity index (χ2v) is 8.66. The van der Waals surface area contributed by atoms with Gasteiger partial charge in [0.25, 0.3) is 5.91 Å². The number of amides is 2. The van der Waals surface area contributed by atoms with Crippen molar-refractivity contribution in [3.05, 3.63) is 58.7 Å². The normalized spacial score (nSPS) is 12.2. The summed E-state index contributed by atoms with van der Waals surface area (Å²) in [5.41, 5.74) is 8.23. The van der Waals surface area contributed by atoms with Gasteiger partial charge in [0.2, 0.25) is 5.91 Å². The van der Waals surface area contributed by atoms with Gasteiger partial charge in [-0.25, -0.2) is 0 Å². The van der Waals surface area contributed by atoms with Gasteiger partial charge in [0.15, 0.2) is 17.3 Å². The molecule has 2 aromatic rings. The number of ether oxygens (including phenoxy) is 2. The molecule has 3 rings (SSSR count). The highest BCUT2D eigenvalue weighted by molar-refractivity contribution is 5.99. The first kappa shape index (κ1) is 24.3. The van der Waals surface area contributed by atoms with Crippen molar-refractivity contribution < 1.29 is 23.9 Å². The smallest absolute Gasteiger partial charge is 0.269 e. The zero-order valence-corrected chi connectivity index (χ0v) is 19.5. The fourth-order valence-electron chi connectivity index (χ4n) is 3.71. The van der Waals surface area contributed by atoms with Gasteiger partial charge >= 0.3 is 0 Å². The van der Waals surface area contributed by atoms with Crippen LogP contribution in [-0.2, 0) is 17.6 Å². The number of methoxy groups -OCH3 is 1. The Bertz CT molecular complexity index is 1020. The molecule has 2 N–H and O–H groups in total. The lowest BCUT2D eigenvalue weighted by atomic mass is 10.0. The predicted molar refractivity (Wildman–Crippen MR) is 126 cm³/mol. The first-order valence-corrected chi connectivity index (χ1v) is 11.4. The van der Waals surface area contributed by atoms with Gasteiger partial charge in [0.05, 0.1) is 13.7 Å². The Morgan fingerprint density at radius 2 is 1.67 bits per heavy atom. The van der Waals surface area contributed by atoms with Crippen molar-refractivity contribution in [2.24, 2.45) is 5.92 Å². The van der Waals surface area contributed by atoms with E-state index in [2.05, 4.69) is 24.7 Å². The van der Waals surface area contributed by atoms with Crippen LogP contribution in [-0.4, -0.2) is 31.3 Å². The monoisotopic (exact) mass is 452 g/mol. The Balaban J connectivity index is 1.46. The molecular weight excluding hydrogens is 420 g/mol. The summed E-state index contributed by atoms with van der Waals surface area (Å²) < 4.78 is 11.1. The molecule has 33 heavy (non-hydrogen) atoms. The molecule has 0 fully saturated rings. The number of Topliss-reactive ketones (excluding diaryl/α,β-unsaturated/α-hetero) is 1. The zero-order valence-electron chi connectivity index (χ0n) is 19.5. The number of aryl methyl sites for hydroxylation is 2. The van der Waals surface area contributed by atoms with Crippen LogP contribution in [0.25, 0.3) is 0 Å². The highest BCUT2D eigenvalue weighted by atomic mass is 16.5. The third-order valence-corrected chi connectivity index (χ3v) is 5.69. The van der Waals surface area contributed by atoms with Gasteiger partial charge in [-0.2, -0.15) is 0 Å². The molecule has 0 bridgehead atoms. The maximum Gasteiger partial charge on any atom is 0.269 e. The molecule has 0 heterocycles. The van der Waals surface area contributed by atoms with E-state index < -0.39 is 11.8 Å². The number of benzene rings is 2. The average molecular weight is 453 g/mol. The van der Waals surface area contributed by atoms with Crippen LogP contribution in [0.4, 0.5) is 0 Å². The Kier molecular flexibility index (Phi) is 8.46. The summed E-state index contributed by atoms with van der Waals surface area (Å²) in [7, 11) is 1.51. The largest absolute Gasteiger partial charge is 0.493 e. The van der Waals surface area contributed by atoms with E-state index in [0.717, 1.165) is 25.7 Å². The molecule has 176 valence electrons.